The topological polar surface area (TPSA) is 58.6 Å². The maximum atomic E-state index is 13.6. The molecule has 2 amide bonds. The first-order chi connectivity index (χ1) is 15.8. The van der Waals surface area contributed by atoms with E-state index in [-0.39, 0.29) is 11.8 Å². The molecule has 1 aliphatic heterocycles. The second kappa shape index (κ2) is 9.10. The van der Waals surface area contributed by atoms with Gasteiger partial charge in [0.2, 0.25) is 5.91 Å². The first kappa shape index (κ1) is 22.6. The Morgan fingerprint density at radius 1 is 1.03 bits per heavy atom. The third-order valence-electron chi connectivity index (χ3n) is 6.40. The van der Waals surface area contributed by atoms with Crippen LogP contribution in [0.4, 0.5) is 5.69 Å². The molecule has 1 heterocycles. The molecule has 0 radical (unpaired) electrons. The highest BCUT2D eigenvalue weighted by Gasteiger charge is 2.47. The summed E-state index contributed by atoms with van der Waals surface area (Å²) in [4.78, 5) is 28.9. The maximum Gasteiger partial charge on any atom is 0.259 e. The average molecular weight is 443 g/mol. The quantitative estimate of drug-likeness (QED) is 0.578. The maximum absolute atomic E-state index is 13.6. The number of methoxy groups -OCH3 is 1. The highest BCUT2D eigenvalue weighted by Crippen LogP contribution is 2.36. The van der Waals surface area contributed by atoms with Gasteiger partial charge in [-0.25, -0.2) is 0 Å². The molecule has 0 saturated carbocycles. The number of ether oxygens (including phenoxy) is 1. The van der Waals surface area contributed by atoms with Crippen LogP contribution in [-0.4, -0.2) is 24.5 Å². The number of anilines is 1. The molecule has 3 aromatic carbocycles. The van der Waals surface area contributed by atoms with Crippen LogP contribution in [0.15, 0.2) is 72.8 Å². The van der Waals surface area contributed by atoms with Crippen LogP contribution in [0.2, 0.25) is 0 Å². The Morgan fingerprint density at radius 3 is 2.33 bits per heavy atom. The van der Waals surface area contributed by atoms with E-state index < -0.39 is 5.54 Å². The van der Waals surface area contributed by atoms with E-state index in [9.17, 15) is 9.59 Å². The summed E-state index contributed by atoms with van der Waals surface area (Å²) in [5, 5.41) is 3.05. The molecular formula is C28H30N2O3. The lowest BCUT2D eigenvalue weighted by Crippen LogP contribution is -2.63. The fourth-order valence-electron chi connectivity index (χ4n) is 4.39. The molecule has 0 spiro atoms. The van der Waals surface area contributed by atoms with Crippen LogP contribution in [0.3, 0.4) is 0 Å². The smallest absolute Gasteiger partial charge is 0.259 e. The SMILES string of the molecule is COc1ccc(CNC(=O)[C@@]2(C)Cc3ccccc3C(=O)N2c2ccc(C(C)C)cc2)cc1. The summed E-state index contributed by atoms with van der Waals surface area (Å²) in [5.74, 6) is 0.809. The molecule has 4 rings (SSSR count). The Kier molecular flexibility index (Phi) is 6.23. The van der Waals surface area contributed by atoms with Gasteiger partial charge in [-0.05, 0) is 59.9 Å². The van der Waals surface area contributed by atoms with Crippen LogP contribution >= 0.6 is 0 Å². The zero-order chi connectivity index (χ0) is 23.6. The number of nitrogens with zero attached hydrogens (tertiary/aromatic N) is 1. The molecule has 3 aromatic rings. The van der Waals surface area contributed by atoms with Gasteiger partial charge in [0.1, 0.15) is 11.3 Å². The largest absolute Gasteiger partial charge is 0.497 e. The van der Waals surface area contributed by atoms with Crippen molar-refractivity contribution in [3.63, 3.8) is 0 Å². The van der Waals surface area contributed by atoms with Gasteiger partial charge in [-0.2, -0.15) is 0 Å². The number of hydrogen-bond acceptors (Lipinski definition) is 3. The number of rotatable bonds is 6. The van der Waals surface area contributed by atoms with Gasteiger partial charge >= 0.3 is 0 Å². The van der Waals surface area contributed by atoms with Crippen molar-refractivity contribution in [3.8, 4) is 5.75 Å². The Morgan fingerprint density at radius 2 is 1.70 bits per heavy atom. The number of carbonyl (C=O) groups is 2. The van der Waals surface area contributed by atoms with Crippen LogP contribution in [0.25, 0.3) is 0 Å². The van der Waals surface area contributed by atoms with Crippen molar-refractivity contribution in [2.45, 2.75) is 45.2 Å². The first-order valence-corrected chi connectivity index (χ1v) is 11.3. The fourth-order valence-corrected chi connectivity index (χ4v) is 4.39. The molecule has 1 N–H and O–H groups in total. The molecule has 0 fully saturated rings. The van der Waals surface area contributed by atoms with E-state index in [0.717, 1.165) is 22.6 Å². The summed E-state index contributed by atoms with van der Waals surface area (Å²) in [6.07, 6.45) is 0.440. The molecule has 1 atom stereocenters. The lowest BCUT2D eigenvalue weighted by Gasteiger charge is -2.44. The van der Waals surface area contributed by atoms with Gasteiger partial charge < -0.3 is 10.1 Å². The molecule has 0 aromatic heterocycles. The number of carbonyl (C=O) groups excluding carboxylic acids is 2. The molecule has 0 aliphatic carbocycles. The summed E-state index contributed by atoms with van der Waals surface area (Å²) < 4.78 is 5.21. The molecule has 0 bridgehead atoms. The van der Waals surface area contributed by atoms with Gasteiger partial charge in [-0.3, -0.25) is 14.5 Å². The van der Waals surface area contributed by atoms with Gasteiger partial charge in [-0.1, -0.05) is 56.3 Å². The van der Waals surface area contributed by atoms with E-state index in [0.29, 0.717) is 24.4 Å². The van der Waals surface area contributed by atoms with Gasteiger partial charge in [0.25, 0.3) is 5.91 Å². The van der Waals surface area contributed by atoms with Crippen LogP contribution in [0.1, 0.15) is 53.7 Å². The number of hydrogen-bond donors (Lipinski definition) is 1. The number of amides is 2. The Hall–Kier alpha value is -3.60. The van der Waals surface area contributed by atoms with Crippen molar-refractivity contribution in [3.05, 3.63) is 95.1 Å². The van der Waals surface area contributed by atoms with Gasteiger partial charge in [0, 0.05) is 24.2 Å². The number of fused-ring (bicyclic) bond motifs is 1. The van der Waals surface area contributed by atoms with Gasteiger partial charge in [0.05, 0.1) is 7.11 Å². The summed E-state index contributed by atoms with van der Waals surface area (Å²) in [7, 11) is 1.62. The van der Waals surface area contributed by atoms with E-state index >= 15 is 0 Å². The van der Waals surface area contributed by atoms with Crippen molar-refractivity contribution in [1.82, 2.24) is 5.32 Å². The van der Waals surface area contributed by atoms with E-state index in [1.165, 1.54) is 5.56 Å². The van der Waals surface area contributed by atoms with Crippen LogP contribution < -0.4 is 15.0 Å². The minimum absolute atomic E-state index is 0.156. The Balaban J connectivity index is 1.66. The predicted molar refractivity (Wildman–Crippen MR) is 131 cm³/mol. The Labute approximate surface area is 195 Å². The average Bonchev–Trinajstić information content (AvgIpc) is 2.83. The van der Waals surface area contributed by atoms with Gasteiger partial charge in [-0.15, -0.1) is 0 Å². The number of nitrogens with one attached hydrogen (secondary N) is 1. The summed E-state index contributed by atoms with van der Waals surface area (Å²) in [6.45, 7) is 6.48. The summed E-state index contributed by atoms with van der Waals surface area (Å²) in [6, 6.07) is 23.1. The standard InChI is InChI=1S/C28H30N2O3/c1-19(2)21-11-13-23(14-12-21)30-26(31)25-8-6-5-7-22(25)17-28(30,3)27(32)29-18-20-9-15-24(33-4)16-10-20/h5-16,19H,17-18H2,1-4H3,(H,29,32)/t28-/m1/s1. The van der Waals surface area contributed by atoms with Crippen molar-refractivity contribution in [2.75, 3.05) is 12.0 Å². The third-order valence-corrected chi connectivity index (χ3v) is 6.40. The fraction of sp³-hybridized carbons (Fsp3) is 0.286. The molecule has 1 aliphatic rings. The molecule has 33 heavy (non-hydrogen) atoms. The predicted octanol–water partition coefficient (Wildman–Crippen LogP) is 5.10. The van der Waals surface area contributed by atoms with Gasteiger partial charge in [0.15, 0.2) is 0 Å². The normalized spacial score (nSPS) is 17.6. The lowest BCUT2D eigenvalue weighted by atomic mass is 9.82. The van der Waals surface area contributed by atoms with Crippen molar-refractivity contribution >= 4 is 17.5 Å². The summed E-state index contributed by atoms with van der Waals surface area (Å²) in [5.41, 5.74) is 3.35. The van der Waals surface area contributed by atoms with E-state index in [1.807, 2.05) is 79.7 Å². The van der Waals surface area contributed by atoms with Crippen LogP contribution in [-0.2, 0) is 17.8 Å². The Bertz CT molecular complexity index is 1150. The molecule has 0 saturated heterocycles. The highest BCUT2D eigenvalue weighted by molar-refractivity contribution is 6.14. The van der Waals surface area contributed by atoms with Crippen molar-refractivity contribution in [1.29, 1.82) is 0 Å². The van der Waals surface area contributed by atoms with E-state index in [4.69, 9.17) is 4.74 Å². The van der Waals surface area contributed by atoms with Crippen molar-refractivity contribution in [2.24, 2.45) is 0 Å². The highest BCUT2D eigenvalue weighted by atomic mass is 16.5. The van der Waals surface area contributed by atoms with E-state index in [1.54, 1.807) is 12.0 Å². The zero-order valence-electron chi connectivity index (χ0n) is 19.6. The van der Waals surface area contributed by atoms with Crippen molar-refractivity contribution < 1.29 is 14.3 Å². The summed E-state index contributed by atoms with van der Waals surface area (Å²) >= 11 is 0. The molecule has 170 valence electrons. The first-order valence-electron chi connectivity index (χ1n) is 11.3. The third kappa shape index (κ3) is 4.36. The lowest BCUT2D eigenvalue weighted by molar-refractivity contribution is -0.126. The molecule has 5 heteroatoms. The van der Waals surface area contributed by atoms with Crippen LogP contribution in [0.5, 0.6) is 5.75 Å². The van der Waals surface area contributed by atoms with Crippen LogP contribution in [0, 0.1) is 0 Å². The molecular weight excluding hydrogens is 412 g/mol. The van der Waals surface area contributed by atoms with E-state index in [2.05, 4.69) is 19.2 Å². The minimum Gasteiger partial charge on any atom is -0.497 e. The minimum atomic E-state index is -1.06. The second-order valence-electron chi connectivity index (χ2n) is 9.03. The molecule has 0 unspecified atom stereocenters. The second-order valence-corrected chi connectivity index (χ2v) is 9.03. The molecule has 5 nitrogen and oxygen atoms in total. The zero-order valence-corrected chi connectivity index (χ0v) is 19.6. The number of benzene rings is 3. The monoisotopic (exact) mass is 442 g/mol.